The lowest BCUT2D eigenvalue weighted by Gasteiger charge is -2.24. The molecule has 1 aromatic heterocycles. The molecule has 2 heterocycles. The second-order valence-corrected chi connectivity index (χ2v) is 6.57. The summed E-state index contributed by atoms with van der Waals surface area (Å²) in [5.41, 5.74) is 2.72. The molecule has 4 rings (SSSR count). The second-order valence-electron chi connectivity index (χ2n) is 6.14. The molecule has 0 aliphatic carbocycles. The number of carbonyl (C=O) groups is 1. The number of amides is 1. The summed E-state index contributed by atoms with van der Waals surface area (Å²) in [5.74, 6) is -0.321. The van der Waals surface area contributed by atoms with Gasteiger partial charge in [-0.05, 0) is 42.0 Å². The number of ether oxygens (including phenoxy) is 1. The Labute approximate surface area is 173 Å². The normalized spacial score (nSPS) is 16.2. The number of halogens is 2. The van der Waals surface area contributed by atoms with E-state index in [0.717, 1.165) is 24.3 Å². The molecule has 3 aromatic rings. The van der Waals surface area contributed by atoms with Crippen molar-refractivity contribution >= 4 is 35.6 Å². The Morgan fingerprint density at radius 2 is 1.93 bits per heavy atom. The number of anilines is 1. The largest absolute Gasteiger partial charge is 0.371 e. The first kappa shape index (κ1) is 20.3. The van der Waals surface area contributed by atoms with Gasteiger partial charge in [0.25, 0.3) is 5.91 Å². The Kier molecular flexibility index (Phi) is 6.64. The number of rotatable bonds is 4. The fourth-order valence-electron chi connectivity index (χ4n) is 2.82. The molecule has 0 bridgehead atoms. The second kappa shape index (κ2) is 9.16. The number of benzene rings is 2. The van der Waals surface area contributed by atoms with E-state index < -0.39 is 0 Å². The topological polar surface area (TPSA) is 81.1 Å². The zero-order valence-corrected chi connectivity index (χ0v) is 16.4. The number of nitrogens with one attached hydrogen (secondary N) is 2. The molecule has 2 N–H and O–H groups in total. The van der Waals surface area contributed by atoms with E-state index in [0.29, 0.717) is 17.3 Å². The highest BCUT2D eigenvalue weighted by Crippen LogP contribution is 2.21. The first-order valence-corrected chi connectivity index (χ1v) is 8.99. The molecule has 1 aliphatic heterocycles. The van der Waals surface area contributed by atoms with Crippen LogP contribution in [0.1, 0.15) is 22.2 Å². The van der Waals surface area contributed by atoms with Crippen molar-refractivity contribution in [2.45, 2.75) is 6.10 Å². The number of morpholine rings is 1. The van der Waals surface area contributed by atoms with Crippen LogP contribution >= 0.6 is 24.0 Å². The molecule has 1 aliphatic rings. The summed E-state index contributed by atoms with van der Waals surface area (Å²) in [6.45, 7) is 2.37. The monoisotopic (exact) mass is 419 g/mol. The van der Waals surface area contributed by atoms with Gasteiger partial charge in [0.1, 0.15) is 0 Å². The lowest BCUT2D eigenvalue weighted by molar-refractivity contribution is 0.0277. The van der Waals surface area contributed by atoms with Crippen molar-refractivity contribution in [2.75, 3.05) is 25.0 Å². The summed E-state index contributed by atoms with van der Waals surface area (Å²) in [5, 5.41) is 15.1. The average Bonchev–Trinajstić information content (AvgIpc) is 3.20. The van der Waals surface area contributed by atoms with E-state index in [4.69, 9.17) is 16.3 Å². The van der Waals surface area contributed by atoms with Crippen LogP contribution in [0.3, 0.4) is 0 Å². The minimum Gasteiger partial charge on any atom is -0.371 e. The maximum absolute atomic E-state index is 12.4. The maximum atomic E-state index is 12.4. The Hall–Kier alpha value is -2.45. The minimum absolute atomic E-state index is 0. The van der Waals surface area contributed by atoms with Crippen LogP contribution < -0.4 is 10.6 Å². The zero-order chi connectivity index (χ0) is 18.6. The van der Waals surface area contributed by atoms with E-state index in [1.165, 1.54) is 11.0 Å². The molecule has 0 spiro atoms. The van der Waals surface area contributed by atoms with Gasteiger partial charge in [0.05, 0.1) is 24.6 Å². The molecule has 2 aromatic carbocycles. The Balaban J connectivity index is 0.00000225. The van der Waals surface area contributed by atoms with Crippen molar-refractivity contribution in [3.8, 4) is 5.69 Å². The smallest absolute Gasteiger partial charge is 0.277 e. The van der Waals surface area contributed by atoms with E-state index in [9.17, 15) is 4.79 Å². The lowest BCUT2D eigenvalue weighted by Crippen LogP contribution is -2.33. The molecule has 0 saturated carbocycles. The molecular formula is C19H19Cl2N5O2. The molecule has 1 fully saturated rings. The molecule has 146 valence electrons. The number of hydrogen-bond acceptors (Lipinski definition) is 5. The van der Waals surface area contributed by atoms with Gasteiger partial charge in [-0.25, -0.2) is 0 Å². The summed E-state index contributed by atoms with van der Waals surface area (Å²) in [6.07, 6.45) is 1.47. The van der Waals surface area contributed by atoms with Crippen LogP contribution in [-0.2, 0) is 4.74 Å². The number of carbonyl (C=O) groups excluding carboxylic acids is 1. The molecule has 1 saturated heterocycles. The highest BCUT2D eigenvalue weighted by molar-refractivity contribution is 6.30. The highest BCUT2D eigenvalue weighted by atomic mass is 35.5. The summed E-state index contributed by atoms with van der Waals surface area (Å²) in [6, 6.07) is 14.7. The molecular weight excluding hydrogens is 401 g/mol. The fourth-order valence-corrected chi connectivity index (χ4v) is 2.95. The van der Waals surface area contributed by atoms with Crippen molar-refractivity contribution in [3.63, 3.8) is 0 Å². The molecule has 7 nitrogen and oxygen atoms in total. The van der Waals surface area contributed by atoms with E-state index in [1.54, 1.807) is 24.3 Å². The van der Waals surface area contributed by atoms with Crippen LogP contribution in [0.5, 0.6) is 0 Å². The van der Waals surface area contributed by atoms with Gasteiger partial charge in [-0.1, -0.05) is 23.7 Å². The fraction of sp³-hybridized carbons (Fsp3) is 0.211. The van der Waals surface area contributed by atoms with E-state index in [2.05, 4.69) is 20.8 Å². The third-order valence-corrected chi connectivity index (χ3v) is 4.50. The molecule has 0 radical (unpaired) electrons. The zero-order valence-electron chi connectivity index (χ0n) is 14.8. The molecule has 1 amide bonds. The van der Waals surface area contributed by atoms with Gasteiger partial charge in [-0.15, -0.1) is 17.5 Å². The first-order valence-electron chi connectivity index (χ1n) is 8.61. The van der Waals surface area contributed by atoms with E-state index >= 15 is 0 Å². The molecule has 1 atom stereocenters. The highest BCUT2D eigenvalue weighted by Gasteiger charge is 2.16. The summed E-state index contributed by atoms with van der Waals surface area (Å²) < 4.78 is 5.73. The van der Waals surface area contributed by atoms with Gasteiger partial charge in [0.2, 0.25) is 0 Å². The van der Waals surface area contributed by atoms with Gasteiger partial charge >= 0.3 is 0 Å². The average molecular weight is 420 g/mol. The summed E-state index contributed by atoms with van der Waals surface area (Å²) in [7, 11) is 0. The van der Waals surface area contributed by atoms with Crippen LogP contribution in [0.25, 0.3) is 5.69 Å². The number of aromatic nitrogens is 3. The molecule has 28 heavy (non-hydrogen) atoms. The van der Waals surface area contributed by atoms with Gasteiger partial charge in [0, 0.05) is 23.8 Å². The van der Waals surface area contributed by atoms with Gasteiger partial charge in [-0.3, -0.25) is 4.79 Å². The minimum atomic E-state index is -0.321. The maximum Gasteiger partial charge on any atom is 0.277 e. The Morgan fingerprint density at radius 1 is 1.18 bits per heavy atom. The third kappa shape index (κ3) is 4.69. The van der Waals surface area contributed by atoms with Crippen molar-refractivity contribution in [2.24, 2.45) is 0 Å². The van der Waals surface area contributed by atoms with E-state index in [-0.39, 0.29) is 30.1 Å². The van der Waals surface area contributed by atoms with Gasteiger partial charge in [0.15, 0.2) is 5.69 Å². The predicted octanol–water partition coefficient (Wildman–Crippen LogP) is 3.26. The van der Waals surface area contributed by atoms with Gasteiger partial charge in [-0.2, -0.15) is 9.90 Å². The summed E-state index contributed by atoms with van der Waals surface area (Å²) in [4.78, 5) is 13.8. The van der Waals surface area contributed by atoms with Crippen LogP contribution in [0.15, 0.2) is 54.7 Å². The predicted molar refractivity (Wildman–Crippen MR) is 110 cm³/mol. The number of hydrogen-bond donors (Lipinski definition) is 2. The molecule has 9 heteroatoms. The van der Waals surface area contributed by atoms with Crippen LogP contribution in [-0.4, -0.2) is 40.6 Å². The van der Waals surface area contributed by atoms with Crippen LogP contribution in [0, 0.1) is 0 Å². The van der Waals surface area contributed by atoms with E-state index in [1.807, 2.05) is 24.3 Å². The van der Waals surface area contributed by atoms with Crippen LogP contribution in [0.4, 0.5) is 5.69 Å². The lowest BCUT2D eigenvalue weighted by atomic mass is 10.1. The Bertz CT molecular complexity index is 922. The van der Waals surface area contributed by atoms with Crippen molar-refractivity contribution in [3.05, 3.63) is 71.0 Å². The number of nitrogens with zero attached hydrogens (tertiary/aromatic N) is 3. The molecule has 1 unspecified atom stereocenters. The summed E-state index contributed by atoms with van der Waals surface area (Å²) >= 11 is 5.88. The standard InChI is InChI=1S/C19H18ClN5O2.ClH/c20-14-3-7-16(8-4-14)25-22-11-17(24-25)19(26)23-15-5-1-13(2-6-15)18-12-21-9-10-27-18;/h1-8,11,18,21H,9-10,12H2,(H,23,26);1H. The van der Waals surface area contributed by atoms with Crippen molar-refractivity contribution < 1.29 is 9.53 Å². The Morgan fingerprint density at radius 3 is 2.61 bits per heavy atom. The van der Waals surface area contributed by atoms with Crippen molar-refractivity contribution in [1.29, 1.82) is 0 Å². The van der Waals surface area contributed by atoms with Crippen molar-refractivity contribution in [1.82, 2.24) is 20.3 Å². The van der Waals surface area contributed by atoms with Gasteiger partial charge < -0.3 is 15.4 Å². The third-order valence-electron chi connectivity index (χ3n) is 4.25. The SMILES string of the molecule is Cl.O=C(Nc1ccc(C2CNCCO2)cc1)c1cnn(-c2ccc(Cl)cc2)n1. The van der Waals surface area contributed by atoms with Crippen LogP contribution in [0.2, 0.25) is 5.02 Å². The quantitative estimate of drug-likeness (QED) is 0.678. The first-order chi connectivity index (χ1) is 13.2.